The van der Waals surface area contributed by atoms with E-state index in [0.29, 0.717) is 35.5 Å². The fourth-order valence-electron chi connectivity index (χ4n) is 4.82. The van der Waals surface area contributed by atoms with E-state index in [1.807, 2.05) is 18.2 Å². The Morgan fingerprint density at radius 2 is 2.16 bits per heavy atom. The van der Waals surface area contributed by atoms with E-state index in [0.717, 1.165) is 11.8 Å². The topological polar surface area (TPSA) is 74.8 Å². The quantitative estimate of drug-likeness (QED) is 0.879. The summed E-state index contributed by atoms with van der Waals surface area (Å²) < 4.78 is 0. The van der Waals surface area contributed by atoms with Crippen LogP contribution in [0.2, 0.25) is 0 Å². The number of para-hydroxylation sites is 1. The van der Waals surface area contributed by atoms with Gasteiger partial charge in [-0.2, -0.15) is 0 Å². The second kappa shape index (κ2) is 6.62. The maximum atomic E-state index is 12.3. The Balaban J connectivity index is 1.35. The Labute approximate surface area is 147 Å². The summed E-state index contributed by atoms with van der Waals surface area (Å²) in [6.07, 6.45) is 6.14. The van der Waals surface area contributed by atoms with Crippen molar-refractivity contribution in [3.8, 4) is 0 Å². The minimum absolute atomic E-state index is 0.0473. The van der Waals surface area contributed by atoms with Gasteiger partial charge in [0, 0.05) is 18.9 Å². The molecule has 0 unspecified atom stereocenters. The molecule has 25 heavy (non-hydrogen) atoms. The van der Waals surface area contributed by atoms with Crippen LogP contribution >= 0.6 is 0 Å². The summed E-state index contributed by atoms with van der Waals surface area (Å²) in [5.74, 6) is 2.96. The van der Waals surface area contributed by atoms with Crippen molar-refractivity contribution in [2.45, 2.75) is 51.5 Å². The summed E-state index contributed by atoms with van der Waals surface area (Å²) in [5.41, 5.74) is 0.536. The average Bonchev–Trinajstić information content (AvgIpc) is 3.23. The Morgan fingerprint density at radius 3 is 2.92 bits per heavy atom. The highest BCUT2D eigenvalue weighted by atomic mass is 16.1. The third kappa shape index (κ3) is 3.32. The molecule has 2 fully saturated rings. The first-order valence-electron chi connectivity index (χ1n) is 9.37. The molecule has 0 spiro atoms. The van der Waals surface area contributed by atoms with E-state index in [2.05, 4.69) is 22.2 Å². The lowest BCUT2D eigenvalue weighted by Gasteiger charge is -2.28. The normalized spacial score (nSPS) is 26.0. The number of fused-ring (bicyclic) bond motifs is 3. The zero-order valence-corrected chi connectivity index (χ0v) is 14.6. The highest BCUT2D eigenvalue weighted by Crippen LogP contribution is 2.49. The molecule has 0 radical (unpaired) electrons. The molecule has 2 bridgehead atoms. The fraction of sp³-hybridized carbons (Fsp3) is 0.550. The van der Waals surface area contributed by atoms with Crippen LogP contribution in [0.4, 0.5) is 0 Å². The monoisotopic (exact) mass is 339 g/mol. The fourth-order valence-corrected chi connectivity index (χ4v) is 4.82. The van der Waals surface area contributed by atoms with E-state index >= 15 is 0 Å². The lowest BCUT2D eigenvalue weighted by molar-refractivity contribution is -0.122. The van der Waals surface area contributed by atoms with Gasteiger partial charge in [0.05, 0.1) is 10.9 Å². The first kappa shape index (κ1) is 16.3. The molecule has 5 nitrogen and oxygen atoms in total. The number of carbonyl (C=O) groups excluding carboxylic acids is 1. The number of hydrogen-bond acceptors (Lipinski definition) is 3. The molecule has 2 aromatic rings. The standard InChI is InChI=1S/C20H25N3O2/c1-12(16-11-13-6-7-14(16)10-13)21-19(24)9-8-18-22-17-5-3-2-4-15(17)20(25)23-18/h2-5,12-14,16H,6-11H2,1H3,(H,21,24)(H,22,23,25)/t12-,13+,14+,16+/m1/s1. The SMILES string of the molecule is C[C@@H](NC(=O)CCc1nc2ccccc2c(=O)[nH]1)[C@@H]1C[C@H]2CC[C@H]1C2. The maximum Gasteiger partial charge on any atom is 0.258 e. The third-order valence-corrected chi connectivity index (χ3v) is 6.07. The van der Waals surface area contributed by atoms with Gasteiger partial charge < -0.3 is 10.3 Å². The van der Waals surface area contributed by atoms with E-state index < -0.39 is 0 Å². The van der Waals surface area contributed by atoms with E-state index in [-0.39, 0.29) is 17.5 Å². The second-order valence-electron chi connectivity index (χ2n) is 7.72. The highest BCUT2D eigenvalue weighted by molar-refractivity contribution is 5.78. The second-order valence-corrected chi connectivity index (χ2v) is 7.72. The predicted octanol–water partition coefficient (Wildman–Crippen LogP) is 2.80. The Hall–Kier alpha value is -2.17. The number of rotatable bonds is 5. The van der Waals surface area contributed by atoms with Gasteiger partial charge in [0.1, 0.15) is 5.82 Å². The van der Waals surface area contributed by atoms with E-state index in [4.69, 9.17) is 0 Å². The zero-order chi connectivity index (χ0) is 17.4. The van der Waals surface area contributed by atoms with Gasteiger partial charge in [-0.05, 0) is 56.1 Å². The number of amides is 1. The minimum Gasteiger partial charge on any atom is -0.353 e. The molecule has 2 N–H and O–H groups in total. The molecule has 1 aromatic heterocycles. The lowest BCUT2D eigenvalue weighted by Crippen LogP contribution is -2.40. The summed E-state index contributed by atoms with van der Waals surface area (Å²) in [4.78, 5) is 31.6. The predicted molar refractivity (Wildman–Crippen MR) is 97.2 cm³/mol. The number of nitrogens with zero attached hydrogens (tertiary/aromatic N) is 1. The van der Waals surface area contributed by atoms with Gasteiger partial charge in [-0.25, -0.2) is 4.98 Å². The number of hydrogen-bond donors (Lipinski definition) is 2. The van der Waals surface area contributed by atoms with Gasteiger partial charge in [0.2, 0.25) is 5.91 Å². The third-order valence-electron chi connectivity index (χ3n) is 6.07. The van der Waals surface area contributed by atoms with Crippen LogP contribution in [-0.2, 0) is 11.2 Å². The van der Waals surface area contributed by atoms with Crippen LogP contribution in [0, 0.1) is 17.8 Å². The molecular formula is C20H25N3O2. The van der Waals surface area contributed by atoms with Gasteiger partial charge in [-0.1, -0.05) is 18.6 Å². The molecule has 0 aliphatic heterocycles. The first-order chi connectivity index (χ1) is 12.1. The average molecular weight is 339 g/mol. The number of benzene rings is 1. The summed E-state index contributed by atoms with van der Waals surface area (Å²) in [5, 5.41) is 3.75. The molecular weight excluding hydrogens is 314 g/mol. The van der Waals surface area contributed by atoms with Crippen LogP contribution in [0.15, 0.2) is 29.1 Å². The molecule has 4 rings (SSSR count). The molecule has 1 heterocycles. The molecule has 2 aliphatic carbocycles. The summed E-state index contributed by atoms with van der Waals surface area (Å²) in [7, 11) is 0. The number of carbonyl (C=O) groups is 1. The first-order valence-corrected chi connectivity index (χ1v) is 9.37. The molecule has 5 heteroatoms. The Bertz CT molecular complexity index is 844. The molecule has 4 atom stereocenters. The van der Waals surface area contributed by atoms with Crippen molar-refractivity contribution in [1.29, 1.82) is 0 Å². The van der Waals surface area contributed by atoms with Gasteiger partial charge in [-0.15, -0.1) is 0 Å². The smallest absolute Gasteiger partial charge is 0.258 e. The maximum absolute atomic E-state index is 12.3. The van der Waals surface area contributed by atoms with Crippen molar-refractivity contribution >= 4 is 16.8 Å². The zero-order valence-electron chi connectivity index (χ0n) is 14.6. The lowest BCUT2D eigenvalue weighted by atomic mass is 9.84. The van der Waals surface area contributed by atoms with Gasteiger partial charge in [-0.3, -0.25) is 9.59 Å². The largest absolute Gasteiger partial charge is 0.353 e. The van der Waals surface area contributed by atoms with Crippen molar-refractivity contribution in [3.63, 3.8) is 0 Å². The molecule has 2 saturated carbocycles. The number of aromatic nitrogens is 2. The van der Waals surface area contributed by atoms with Gasteiger partial charge in [0.15, 0.2) is 0 Å². The summed E-state index contributed by atoms with van der Waals surface area (Å²) in [6.45, 7) is 2.14. The van der Waals surface area contributed by atoms with E-state index in [1.54, 1.807) is 6.07 Å². The number of H-pyrrole nitrogens is 1. The summed E-state index contributed by atoms with van der Waals surface area (Å²) in [6, 6.07) is 7.51. The van der Waals surface area contributed by atoms with Crippen molar-refractivity contribution in [1.82, 2.24) is 15.3 Å². The molecule has 1 amide bonds. The summed E-state index contributed by atoms with van der Waals surface area (Å²) >= 11 is 0. The molecule has 0 saturated heterocycles. The number of aryl methyl sites for hydroxylation is 1. The Kier molecular flexibility index (Phi) is 4.32. The Morgan fingerprint density at radius 1 is 1.32 bits per heavy atom. The van der Waals surface area contributed by atoms with Crippen LogP contribution in [0.3, 0.4) is 0 Å². The van der Waals surface area contributed by atoms with Crippen molar-refractivity contribution in [2.75, 3.05) is 0 Å². The number of aromatic amines is 1. The molecule has 2 aliphatic rings. The van der Waals surface area contributed by atoms with E-state index in [1.165, 1.54) is 25.7 Å². The molecule has 132 valence electrons. The van der Waals surface area contributed by atoms with Crippen LogP contribution in [-0.4, -0.2) is 21.9 Å². The highest BCUT2D eigenvalue weighted by Gasteiger charge is 2.42. The van der Waals surface area contributed by atoms with Crippen molar-refractivity contribution < 1.29 is 4.79 Å². The molecule has 1 aromatic carbocycles. The number of nitrogens with one attached hydrogen (secondary N) is 2. The van der Waals surface area contributed by atoms with E-state index in [9.17, 15) is 9.59 Å². The van der Waals surface area contributed by atoms with Crippen LogP contribution < -0.4 is 10.9 Å². The minimum atomic E-state index is -0.142. The van der Waals surface area contributed by atoms with Crippen LogP contribution in [0.1, 0.15) is 44.9 Å². The van der Waals surface area contributed by atoms with Crippen LogP contribution in [0.25, 0.3) is 10.9 Å². The van der Waals surface area contributed by atoms with Crippen molar-refractivity contribution in [2.24, 2.45) is 17.8 Å². The van der Waals surface area contributed by atoms with Gasteiger partial charge >= 0.3 is 0 Å². The van der Waals surface area contributed by atoms with Crippen LogP contribution in [0.5, 0.6) is 0 Å². The van der Waals surface area contributed by atoms with Crippen molar-refractivity contribution in [3.05, 3.63) is 40.4 Å². The van der Waals surface area contributed by atoms with Gasteiger partial charge in [0.25, 0.3) is 5.56 Å².